The Kier molecular flexibility index (Phi) is 16.3. The van der Waals surface area contributed by atoms with E-state index in [0.29, 0.717) is 0 Å². The van der Waals surface area contributed by atoms with Crippen molar-refractivity contribution >= 4 is 0 Å². The Labute approximate surface area is 139 Å². The van der Waals surface area contributed by atoms with Gasteiger partial charge in [-0.05, 0) is 35.1 Å². The van der Waals surface area contributed by atoms with Crippen molar-refractivity contribution < 1.29 is 0 Å². The summed E-state index contributed by atoms with van der Waals surface area (Å²) in [4.78, 5) is 0. The Balaban J connectivity index is 0. The Bertz CT molecular complexity index is 381. The molecule has 0 aliphatic heterocycles. The summed E-state index contributed by atoms with van der Waals surface area (Å²) in [7, 11) is 0. The first-order valence-electron chi connectivity index (χ1n) is 9.07. The van der Waals surface area contributed by atoms with E-state index in [1.165, 1.54) is 22.3 Å². The lowest BCUT2D eigenvalue weighted by atomic mass is 9.86. The van der Waals surface area contributed by atoms with Crippen molar-refractivity contribution in [2.24, 2.45) is 0 Å². The van der Waals surface area contributed by atoms with E-state index in [2.05, 4.69) is 48.5 Å². The molecule has 1 aliphatic carbocycles. The Hall–Kier alpha value is -1.56. The van der Waals surface area contributed by atoms with Crippen LogP contribution in [0.15, 0.2) is 48.5 Å². The van der Waals surface area contributed by atoms with Gasteiger partial charge in [0.15, 0.2) is 0 Å². The Morgan fingerprint density at radius 3 is 0.773 bits per heavy atom. The average molecular weight is 301 g/mol. The molecule has 0 spiro atoms. The first-order chi connectivity index (χ1) is 10.9. The summed E-state index contributed by atoms with van der Waals surface area (Å²) < 4.78 is 0. The molecule has 0 amide bonds. The van der Waals surface area contributed by atoms with Crippen LogP contribution in [0.3, 0.4) is 0 Å². The zero-order valence-corrected chi connectivity index (χ0v) is 16.0. The zero-order valence-electron chi connectivity index (χ0n) is 16.0. The van der Waals surface area contributed by atoms with Gasteiger partial charge in [0.2, 0.25) is 0 Å². The lowest BCUT2D eigenvalue weighted by molar-refractivity contribution is 1.00. The second-order valence-corrected chi connectivity index (χ2v) is 3.89. The molecule has 0 heterocycles. The maximum Gasteiger partial charge on any atom is -0.00201 e. The summed E-state index contributed by atoms with van der Waals surface area (Å²) in [6.45, 7) is 16.0. The van der Waals surface area contributed by atoms with E-state index in [9.17, 15) is 0 Å². The van der Waals surface area contributed by atoms with Crippen LogP contribution in [-0.2, 0) is 12.8 Å². The Morgan fingerprint density at radius 2 is 0.591 bits per heavy atom. The third-order valence-electron chi connectivity index (χ3n) is 3.00. The van der Waals surface area contributed by atoms with Gasteiger partial charge in [0.1, 0.15) is 0 Å². The van der Waals surface area contributed by atoms with Crippen molar-refractivity contribution in [1.82, 2.24) is 0 Å². The van der Waals surface area contributed by atoms with Gasteiger partial charge in [0, 0.05) is 0 Å². The third kappa shape index (κ3) is 6.93. The summed E-state index contributed by atoms with van der Waals surface area (Å²) in [6.07, 6.45) is 2.21. The fourth-order valence-electron chi connectivity index (χ4n) is 2.22. The minimum atomic E-state index is 1.10. The summed E-state index contributed by atoms with van der Waals surface area (Å²) >= 11 is 0. The van der Waals surface area contributed by atoms with Crippen LogP contribution in [0.5, 0.6) is 0 Å². The van der Waals surface area contributed by atoms with Crippen LogP contribution in [0.25, 0.3) is 0 Å². The van der Waals surface area contributed by atoms with Gasteiger partial charge in [-0.15, -0.1) is 0 Å². The SMILES string of the molecule is CC.CC.CC.CC.c1ccc2c(c1)Cc1ccccc1C2. The number of rotatable bonds is 0. The van der Waals surface area contributed by atoms with Crippen LogP contribution in [-0.4, -0.2) is 0 Å². The molecule has 22 heavy (non-hydrogen) atoms. The van der Waals surface area contributed by atoms with Crippen LogP contribution >= 0.6 is 0 Å². The normalized spacial score (nSPS) is 9.45. The maximum absolute atomic E-state index is 2.24. The van der Waals surface area contributed by atoms with E-state index in [4.69, 9.17) is 0 Å². The molecule has 3 rings (SSSR count). The minimum absolute atomic E-state index is 1.10. The smallest absolute Gasteiger partial charge is 0.00201 e. The molecular weight excluding hydrogens is 264 g/mol. The molecule has 0 unspecified atom stereocenters. The van der Waals surface area contributed by atoms with Crippen LogP contribution in [0.2, 0.25) is 0 Å². The molecule has 0 nitrogen and oxygen atoms in total. The predicted octanol–water partition coefficient (Wildman–Crippen LogP) is 7.29. The average Bonchev–Trinajstić information content (AvgIpc) is 2.66. The summed E-state index contributed by atoms with van der Waals surface area (Å²) in [5.41, 5.74) is 5.97. The number of hydrogen-bond donors (Lipinski definition) is 0. The molecule has 0 bridgehead atoms. The van der Waals surface area contributed by atoms with E-state index in [-0.39, 0.29) is 0 Å². The van der Waals surface area contributed by atoms with Crippen molar-refractivity contribution in [2.45, 2.75) is 68.2 Å². The van der Waals surface area contributed by atoms with E-state index in [1.54, 1.807) is 0 Å². The fourth-order valence-corrected chi connectivity index (χ4v) is 2.22. The number of benzene rings is 2. The second kappa shape index (κ2) is 15.8. The highest BCUT2D eigenvalue weighted by Crippen LogP contribution is 2.26. The summed E-state index contributed by atoms with van der Waals surface area (Å²) in [5.74, 6) is 0. The van der Waals surface area contributed by atoms with E-state index < -0.39 is 0 Å². The molecule has 1 aliphatic rings. The standard InChI is InChI=1S/C14H12.4C2H6/c1-2-6-12-10-14-8-4-3-7-13(14)9-11(12)5-1;4*1-2/h1-8H,9-10H2;4*1-2H3. The third-order valence-corrected chi connectivity index (χ3v) is 3.00. The quantitative estimate of drug-likeness (QED) is 0.409. The molecule has 0 N–H and O–H groups in total. The highest BCUT2D eigenvalue weighted by molar-refractivity contribution is 5.44. The van der Waals surface area contributed by atoms with E-state index in [1.807, 2.05) is 55.4 Å². The molecule has 0 aromatic heterocycles. The van der Waals surface area contributed by atoms with Crippen molar-refractivity contribution in [2.75, 3.05) is 0 Å². The van der Waals surface area contributed by atoms with Crippen LogP contribution < -0.4 is 0 Å². The molecule has 0 radical (unpaired) electrons. The lowest BCUT2D eigenvalue weighted by Gasteiger charge is -2.18. The van der Waals surface area contributed by atoms with Crippen molar-refractivity contribution in [3.05, 3.63) is 70.8 Å². The molecule has 124 valence electrons. The molecule has 0 fully saturated rings. The van der Waals surface area contributed by atoms with Crippen molar-refractivity contribution in [3.63, 3.8) is 0 Å². The minimum Gasteiger partial charge on any atom is -0.0683 e. The number of fused-ring (bicyclic) bond motifs is 2. The highest BCUT2D eigenvalue weighted by Gasteiger charge is 2.12. The van der Waals surface area contributed by atoms with Crippen molar-refractivity contribution in [1.29, 1.82) is 0 Å². The van der Waals surface area contributed by atoms with Gasteiger partial charge >= 0.3 is 0 Å². The van der Waals surface area contributed by atoms with Gasteiger partial charge in [-0.1, -0.05) is 104 Å². The van der Waals surface area contributed by atoms with Gasteiger partial charge in [-0.25, -0.2) is 0 Å². The summed E-state index contributed by atoms with van der Waals surface area (Å²) in [6, 6.07) is 17.5. The maximum atomic E-state index is 2.24. The van der Waals surface area contributed by atoms with Gasteiger partial charge in [0.05, 0.1) is 0 Å². The zero-order chi connectivity index (χ0) is 17.4. The largest absolute Gasteiger partial charge is 0.0683 e. The van der Waals surface area contributed by atoms with Crippen LogP contribution in [0.4, 0.5) is 0 Å². The topological polar surface area (TPSA) is 0 Å². The molecular formula is C22H36. The lowest BCUT2D eigenvalue weighted by Crippen LogP contribution is -2.06. The molecule has 0 saturated carbocycles. The molecule has 2 aromatic carbocycles. The van der Waals surface area contributed by atoms with Crippen LogP contribution in [0, 0.1) is 0 Å². The van der Waals surface area contributed by atoms with E-state index >= 15 is 0 Å². The molecule has 0 saturated heterocycles. The second-order valence-electron chi connectivity index (χ2n) is 3.89. The monoisotopic (exact) mass is 300 g/mol. The highest BCUT2D eigenvalue weighted by atomic mass is 14.2. The predicted molar refractivity (Wildman–Crippen MR) is 104 cm³/mol. The fraction of sp³-hybridized carbons (Fsp3) is 0.455. The molecule has 2 aromatic rings. The van der Waals surface area contributed by atoms with Gasteiger partial charge in [-0.2, -0.15) is 0 Å². The number of hydrogen-bond acceptors (Lipinski definition) is 0. The molecule has 0 heteroatoms. The van der Waals surface area contributed by atoms with Crippen molar-refractivity contribution in [3.8, 4) is 0 Å². The van der Waals surface area contributed by atoms with E-state index in [0.717, 1.165) is 12.8 Å². The first-order valence-corrected chi connectivity index (χ1v) is 9.07. The molecule has 0 atom stereocenters. The van der Waals surface area contributed by atoms with Gasteiger partial charge < -0.3 is 0 Å². The first kappa shape index (κ1) is 22.7. The van der Waals surface area contributed by atoms with Gasteiger partial charge in [0.25, 0.3) is 0 Å². The summed E-state index contributed by atoms with van der Waals surface area (Å²) in [5, 5.41) is 0. The van der Waals surface area contributed by atoms with Gasteiger partial charge in [-0.3, -0.25) is 0 Å². The van der Waals surface area contributed by atoms with Crippen LogP contribution in [0.1, 0.15) is 77.6 Å². The Morgan fingerprint density at radius 1 is 0.409 bits per heavy atom.